The Kier molecular flexibility index (Phi) is 5.05. The van der Waals surface area contributed by atoms with Crippen molar-refractivity contribution in [3.8, 4) is 5.75 Å². The van der Waals surface area contributed by atoms with Gasteiger partial charge in [0.2, 0.25) is 0 Å². The molecule has 28 heavy (non-hydrogen) atoms. The van der Waals surface area contributed by atoms with Crippen molar-refractivity contribution in [2.24, 2.45) is 5.10 Å². The molecule has 0 fully saturated rings. The van der Waals surface area contributed by atoms with Crippen molar-refractivity contribution in [2.45, 2.75) is 19.4 Å². The molecule has 0 aliphatic carbocycles. The number of aryl methyl sites for hydroxylation is 1. The fraction of sp³-hybridized carbons (Fsp3) is 0.182. The van der Waals surface area contributed by atoms with E-state index >= 15 is 0 Å². The van der Waals surface area contributed by atoms with E-state index in [0.717, 1.165) is 22.6 Å². The van der Waals surface area contributed by atoms with Gasteiger partial charge in [0.05, 0.1) is 18.9 Å². The first kappa shape index (κ1) is 18.5. The summed E-state index contributed by atoms with van der Waals surface area (Å²) in [6, 6.07) is 19.1. The summed E-state index contributed by atoms with van der Waals surface area (Å²) in [5.74, 6) is 0.773. The Hall–Kier alpha value is -2.86. The molecular weight excluding hydrogens is 420 g/mol. The van der Waals surface area contributed by atoms with Crippen LogP contribution in [-0.2, 0) is 0 Å². The Morgan fingerprint density at radius 1 is 1.11 bits per heavy atom. The highest BCUT2D eigenvalue weighted by atomic mass is 79.9. The quantitative estimate of drug-likeness (QED) is 0.551. The molecule has 2 aromatic carbocycles. The van der Waals surface area contributed by atoms with Crippen LogP contribution in [0.25, 0.3) is 0 Å². The number of benzene rings is 2. The smallest absolute Gasteiger partial charge is 0.310 e. The zero-order valence-electron chi connectivity index (χ0n) is 15.6. The average Bonchev–Trinajstić information content (AvgIpc) is 3.35. The standard InChI is InChI=1S/C22H19BrN2O3/c1-14-3-5-16(6-4-14)19-13-18(15-7-9-17(27-2)10-8-15)24-25(19)22(26)20-11-12-21(23)28-20/h3-12,19H,13H2,1-2H3/t19-/m0/s1. The highest BCUT2D eigenvalue weighted by Gasteiger charge is 2.34. The van der Waals surface area contributed by atoms with Crippen molar-refractivity contribution in [3.05, 3.63) is 87.8 Å². The summed E-state index contributed by atoms with van der Waals surface area (Å²) in [5, 5.41) is 6.19. The molecule has 0 radical (unpaired) electrons. The number of furan rings is 1. The van der Waals surface area contributed by atoms with Gasteiger partial charge in [-0.25, -0.2) is 5.01 Å². The molecule has 0 saturated carbocycles. The number of hydrazone groups is 1. The molecule has 1 atom stereocenters. The topological polar surface area (TPSA) is 55.0 Å². The van der Waals surface area contributed by atoms with E-state index in [2.05, 4.69) is 21.0 Å². The first-order chi connectivity index (χ1) is 13.5. The third-order valence-corrected chi connectivity index (χ3v) is 5.21. The van der Waals surface area contributed by atoms with Gasteiger partial charge in [0.25, 0.3) is 0 Å². The number of rotatable bonds is 4. The predicted molar refractivity (Wildman–Crippen MR) is 111 cm³/mol. The lowest BCUT2D eigenvalue weighted by molar-refractivity contribution is 0.0677. The van der Waals surface area contributed by atoms with Crippen LogP contribution in [0.15, 0.2) is 74.9 Å². The van der Waals surface area contributed by atoms with Crippen LogP contribution >= 0.6 is 15.9 Å². The van der Waals surface area contributed by atoms with Crippen LogP contribution in [0.1, 0.15) is 39.7 Å². The van der Waals surface area contributed by atoms with Gasteiger partial charge in [0, 0.05) is 6.42 Å². The third-order valence-electron chi connectivity index (χ3n) is 4.79. The van der Waals surface area contributed by atoms with Crippen LogP contribution < -0.4 is 4.74 Å². The molecule has 0 spiro atoms. The van der Waals surface area contributed by atoms with Crippen LogP contribution in [-0.4, -0.2) is 23.7 Å². The van der Waals surface area contributed by atoms with Crippen LogP contribution in [0.5, 0.6) is 5.75 Å². The van der Waals surface area contributed by atoms with Gasteiger partial charge in [-0.3, -0.25) is 4.79 Å². The molecule has 1 amide bonds. The average molecular weight is 439 g/mol. The predicted octanol–water partition coefficient (Wildman–Crippen LogP) is 5.35. The van der Waals surface area contributed by atoms with E-state index < -0.39 is 0 Å². The number of hydrogen-bond acceptors (Lipinski definition) is 4. The molecule has 0 unspecified atom stereocenters. The highest BCUT2D eigenvalue weighted by molar-refractivity contribution is 9.10. The lowest BCUT2D eigenvalue weighted by Gasteiger charge is -2.21. The summed E-state index contributed by atoms with van der Waals surface area (Å²) in [6.07, 6.45) is 0.628. The number of halogens is 1. The summed E-state index contributed by atoms with van der Waals surface area (Å²) in [4.78, 5) is 13.1. The molecule has 1 aromatic heterocycles. The maximum Gasteiger partial charge on any atom is 0.310 e. The number of carbonyl (C=O) groups excluding carboxylic acids is 1. The molecule has 0 saturated heterocycles. The highest BCUT2D eigenvalue weighted by Crippen LogP contribution is 2.34. The van der Waals surface area contributed by atoms with Gasteiger partial charge >= 0.3 is 5.91 Å². The molecule has 2 heterocycles. The number of amides is 1. The van der Waals surface area contributed by atoms with Gasteiger partial charge in [-0.15, -0.1) is 0 Å². The van der Waals surface area contributed by atoms with Crippen LogP contribution in [0, 0.1) is 6.92 Å². The summed E-state index contributed by atoms with van der Waals surface area (Å²) >= 11 is 3.25. The number of methoxy groups -OCH3 is 1. The molecule has 142 valence electrons. The number of ether oxygens (including phenoxy) is 1. The zero-order valence-corrected chi connectivity index (χ0v) is 17.1. The van der Waals surface area contributed by atoms with Crippen LogP contribution in [0.3, 0.4) is 0 Å². The number of carbonyl (C=O) groups is 1. The van der Waals surface area contributed by atoms with Crippen molar-refractivity contribution in [2.75, 3.05) is 7.11 Å². The SMILES string of the molecule is COc1ccc(C2=NN(C(=O)c3ccc(Br)o3)[C@H](c3ccc(C)cc3)C2)cc1. The normalized spacial score (nSPS) is 16.2. The van der Waals surface area contributed by atoms with Crippen LogP contribution in [0.2, 0.25) is 0 Å². The van der Waals surface area contributed by atoms with Crippen LogP contribution in [0.4, 0.5) is 0 Å². The van der Waals surface area contributed by atoms with Gasteiger partial charge in [-0.2, -0.15) is 5.10 Å². The largest absolute Gasteiger partial charge is 0.497 e. The van der Waals surface area contributed by atoms with Gasteiger partial charge in [0.1, 0.15) is 5.75 Å². The summed E-state index contributed by atoms with van der Waals surface area (Å²) < 4.78 is 11.2. The first-order valence-electron chi connectivity index (χ1n) is 8.92. The van der Waals surface area contributed by atoms with Crippen molar-refractivity contribution < 1.29 is 13.9 Å². The molecule has 6 heteroatoms. The Balaban J connectivity index is 1.70. The Labute approximate surface area is 171 Å². The van der Waals surface area contributed by atoms with Crippen molar-refractivity contribution in [1.29, 1.82) is 0 Å². The first-order valence-corrected chi connectivity index (χ1v) is 9.72. The van der Waals surface area contributed by atoms with Gasteiger partial charge < -0.3 is 9.15 Å². The second-order valence-electron chi connectivity index (χ2n) is 6.66. The summed E-state index contributed by atoms with van der Waals surface area (Å²) in [6.45, 7) is 2.04. The van der Waals surface area contributed by atoms with Gasteiger partial charge in [-0.1, -0.05) is 29.8 Å². The summed E-state index contributed by atoms with van der Waals surface area (Å²) in [5.41, 5.74) is 4.03. The molecular formula is C22H19BrN2O3. The van der Waals surface area contributed by atoms with E-state index in [9.17, 15) is 4.79 Å². The van der Waals surface area contributed by atoms with E-state index in [4.69, 9.17) is 9.15 Å². The summed E-state index contributed by atoms with van der Waals surface area (Å²) in [7, 11) is 1.64. The second kappa shape index (κ2) is 7.64. The molecule has 3 aromatic rings. The number of hydrogen-bond donors (Lipinski definition) is 0. The van der Waals surface area contributed by atoms with E-state index in [-0.39, 0.29) is 17.7 Å². The lowest BCUT2D eigenvalue weighted by atomic mass is 9.97. The molecule has 1 aliphatic heterocycles. The molecule has 0 bridgehead atoms. The molecule has 4 rings (SSSR count). The van der Waals surface area contributed by atoms with Crippen molar-refractivity contribution in [3.63, 3.8) is 0 Å². The van der Waals surface area contributed by atoms with Gasteiger partial charge in [-0.05, 0) is 70.4 Å². The Bertz CT molecular complexity index is 1020. The minimum Gasteiger partial charge on any atom is -0.497 e. The van der Waals surface area contributed by atoms with Crippen molar-refractivity contribution >= 4 is 27.5 Å². The third kappa shape index (κ3) is 3.60. The molecule has 0 N–H and O–H groups in total. The van der Waals surface area contributed by atoms with E-state index in [0.29, 0.717) is 11.1 Å². The Morgan fingerprint density at radius 3 is 2.43 bits per heavy atom. The fourth-order valence-electron chi connectivity index (χ4n) is 3.25. The molecule has 5 nitrogen and oxygen atoms in total. The maximum atomic E-state index is 13.1. The minimum atomic E-state index is -0.264. The maximum absolute atomic E-state index is 13.1. The van der Waals surface area contributed by atoms with E-state index in [1.54, 1.807) is 19.2 Å². The Morgan fingerprint density at radius 2 is 1.82 bits per heavy atom. The lowest BCUT2D eigenvalue weighted by Crippen LogP contribution is -2.26. The zero-order chi connectivity index (χ0) is 19.7. The second-order valence-corrected chi connectivity index (χ2v) is 7.44. The van der Waals surface area contributed by atoms with E-state index in [1.807, 2.05) is 55.5 Å². The monoisotopic (exact) mass is 438 g/mol. The minimum absolute atomic E-state index is 0.186. The van der Waals surface area contributed by atoms with Crippen molar-refractivity contribution in [1.82, 2.24) is 5.01 Å². The molecule has 1 aliphatic rings. The number of nitrogens with zero attached hydrogens (tertiary/aromatic N) is 2. The fourth-order valence-corrected chi connectivity index (χ4v) is 3.55. The van der Waals surface area contributed by atoms with Gasteiger partial charge in [0.15, 0.2) is 10.4 Å². The van der Waals surface area contributed by atoms with E-state index in [1.165, 1.54) is 10.6 Å².